The molecule has 0 fully saturated rings. The highest BCUT2D eigenvalue weighted by atomic mass is 79.9. The maximum atomic E-state index is 8.65. The second-order valence-corrected chi connectivity index (χ2v) is 5.16. The molecule has 0 aliphatic carbocycles. The lowest BCUT2D eigenvalue weighted by Crippen LogP contribution is -2.19. The van der Waals surface area contributed by atoms with Crippen molar-refractivity contribution < 1.29 is 0 Å². The minimum Gasteiger partial charge on any atom is -0.331 e. The minimum atomic E-state index is 0.273. The van der Waals surface area contributed by atoms with Gasteiger partial charge in [0.1, 0.15) is 6.54 Å². The molecule has 1 heterocycles. The van der Waals surface area contributed by atoms with Gasteiger partial charge >= 0.3 is 0 Å². The van der Waals surface area contributed by atoms with Crippen LogP contribution in [0.4, 0.5) is 5.95 Å². The second kappa shape index (κ2) is 5.81. The van der Waals surface area contributed by atoms with Crippen LogP contribution < -0.4 is 4.90 Å². The van der Waals surface area contributed by atoms with E-state index in [9.17, 15) is 0 Å². The quantitative estimate of drug-likeness (QED) is 0.816. The fourth-order valence-electron chi connectivity index (χ4n) is 1.74. The topological polar surface area (TPSA) is 52.8 Å². The molecule has 5 heteroatoms. The first-order valence-corrected chi connectivity index (χ1v) is 6.58. The molecule has 0 aliphatic rings. The van der Waals surface area contributed by atoms with Crippen molar-refractivity contribution >= 4 is 21.9 Å². The monoisotopic (exact) mass is 316 g/mol. The molecule has 0 saturated heterocycles. The van der Waals surface area contributed by atoms with Crippen molar-refractivity contribution in [1.82, 2.24) is 9.97 Å². The fourth-order valence-corrected chi connectivity index (χ4v) is 2.10. The second-order valence-electron chi connectivity index (χ2n) is 4.25. The van der Waals surface area contributed by atoms with Crippen LogP contribution in [0.15, 0.2) is 35.1 Å². The van der Waals surface area contributed by atoms with Gasteiger partial charge in [-0.05, 0) is 30.2 Å². The summed E-state index contributed by atoms with van der Waals surface area (Å²) in [6.45, 7) is 2.33. The number of halogens is 1. The summed E-state index contributed by atoms with van der Waals surface area (Å²) in [5, 5.41) is 8.65. The van der Waals surface area contributed by atoms with Crippen LogP contribution in [-0.2, 0) is 0 Å². The minimum absolute atomic E-state index is 0.273. The van der Waals surface area contributed by atoms with E-state index in [1.54, 1.807) is 24.3 Å². The van der Waals surface area contributed by atoms with Gasteiger partial charge in [-0.3, -0.25) is 0 Å². The van der Waals surface area contributed by atoms with E-state index in [0.29, 0.717) is 5.95 Å². The van der Waals surface area contributed by atoms with Gasteiger partial charge in [-0.1, -0.05) is 22.0 Å². The Bertz CT molecular complexity index is 616. The Balaban J connectivity index is 2.33. The summed E-state index contributed by atoms with van der Waals surface area (Å²) in [5.41, 5.74) is 3.24. The Hall–Kier alpha value is -1.93. The summed E-state index contributed by atoms with van der Waals surface area (Å²) in [4.78, 5) is 10.3. The average Bonchev–Trinajstić information content (AvgIpc) is 2.42. The van der Waals surface area contributed by atoms with Crippen molar-refractivity contribution in [3.05, 3.63) is 40.6 Å². The standard InChI is InChI=1S/C14H13BrN4/c1-10-3-4-12(15)7-13(10)11-8-17-14(18-9-11)19(2)6-5-16/h3-4,7-9H,6H2,1-2H3. The summed E-state index contributed by atoms with van der Waals surface area (Å²) in [6, 6.07) is 8.18. The van der Waals surface area contributed by atoms with E-state index in [1.807, 2.05) is 12.1 Å². The van der Waals surface area contributed by atoms with Crippen LogP contribution in [0.2, 0.25) is 0 Å². The number of aromatic nitrogens is 2. The van der Waals surface area contributed by atoms with Gasteiger partial charge in [0.15, 0.2) is 0 Å². The zero-order valence-electron chi connectivity index (χ0n) is 10.8. The maximum absolute atomic E-state index is 8.65. The molecule has 19 heavy (non-hydrogen) atoms. The molecule has 0 N–H and O–H groups in total. The van der Waals surface area contributed by atoms with Gasteiger partial charge in [0, 0.05) is 29.5 Å². The zero-order valence-corrected chi connectivity index (χ0v) is 12.3. The number of anilines is 1. The predicted molar refractivity (Wildman–Crippen MR) is 78.8 cm³/mol. The van der Waals surface area contributed by atoms with E-state index in [0.717, 1.165) is 15.6 Å². The van der Waals surface area contributed by atoms with Gasteiger partial charge in [-0.25, -0.2) is 9.97 Å². The van der Waals surface area contributed by atoms with E-state index in [1.165, 1.54) is 5.56 Å². The van der Waals surface area contributed by atoms with Crippen LogP contribution in [0.5, 0.6) is 0 Å². The molecule has 0 amide bonds. The number of hydrogen-bond acceptors (Lipinski definition) is 4. The molecular formula is C14H13BrN4. The molecule has 0 bridgehead atoms. The van der Waals surface area contributed by atoms with Crippen LogP contribution >= 0.6 is 15.9 Å². The molecule has 96 valence electrons. The van der Waals surface area contributed by atoms with Gasteiger partial charge in [-0.2, -0.15) is 5.26 Å². The van der Waals surface area contributed by atoms with Crippen LogP contribution in [0.25, 0.3) is 11.1 Å². The number of benzene rings is 1. The largest absolute Gasteiger partial charge is 0.331 e. The maximum Gasteiger partial charge on any atom is 0.225 e. The highest BCUT2D eigenvalue weighted by molar-refractivity contribution is 9.10. The van der Waals surface area contributed by atoms with E-state index < -0.39 is 0 Å². The molecule has 2 aromatic rings. The summed E-state index contributed by atoms with van der Waals surface area (Å²) in [6.07, 6.45) is 3.57. The first-order valence-electron chi connectivity index (χ1n) is 5.78. The lowest BCUT2D eigenvalue weighted by atomic mass is 10.0. The zero-order chi connectivity index (χ0) is 13.8. The molecule has 0 spiro atoms. The van der Waals surface area contributed by atoms with Crippen LogP contribution in [0, 0.1) is 18.3 Å². The van der Waals surface area contributed by atoms with Crippen molar-refractivity contribution in [2.75, 3.05) is 18.5 Å². The summed E-state index contributed by atoms with van der Waals surface area (Å²) >= 11 is 3.47. The summed E-state index contributed by atoms with van der Waals surface area (Å²) in [5.74, 6) is 0.554. The van der Waals surface area contributed by atoms with Crippen molar-refractivity contribution in [3.8, 4) is 17.2 Å². The van der Waals surface area contributed by atoms with E-state index >= 15 is 0 Å². The van der Waals surface area contributed by atoms with Crippen LogP contribution in [0.1, 0.15) is 5.56 Å². The molecule has 0 aliphatic heterocycles. The third kappa shape index (κ3) is 3.09. The molecular weight excluding hydrogens is 304 g/mol. The predicted octanol–water partition coefficient (Wildman–Crippen LogP) is 3.17. The van der Waals surface area contributed by atoms with Gasteiger partial charge in [0.05, 0.1) is 6.07 Å². The number of hydrogen-bond donors (Lipinski definition) is 0. The van der Waals surface area contributed by atoms with Gasteiger partial charge in [0.25, 0.3) is 0 Å². The van der Waals surface area contributed by atoms with Gasteiger partial charge in [-0.15, -0.1) is 0 Å². The van der Waals surface area contributed by atoms with Gasteiger partial charge < -0.3 is 4.90 Å². The van der Waals surface area contributed by atoms with Crippen molar-refractivity contribution in [1.29, 1.82) is 5.26 Å². The SMILES string of the molecule is Cc1ccc(Br)cc1-c1cnc(N(C)CC#N)nc1. The Morgan fingerprint density at radius 3 is 2.63 bits per heavy atom. The van der Waals surface area contributed by atoms with Crippen molar-refractivity contribution in [3.63, 3.8) is 0 Å². The molecule has 4 nitrogen and oxygen atoms in total. The Kier molecular flexibility index (Phi) is 4.13. The lowest BCUT2D eigenvalue weighted by molar-refractivity contribution is 0.947. The van der Waals surface area contributed by atoms with Crippen molar-refractivity contribution in [2.45, 2.75) is 6.92 Å². The molecule has 0 radical (unpaired) electrons. The van der Waals surface area contributed by atoms with Crippen molar-refractivity contribution in [2.24, 2.45) is 0 Å². The molecule has 2 rings (SSSR count). The highest BCUT2D eigenvalue weighted by Gasteiger charge is 2.07. The average molecular weight is 317 g/mol. The first-order chi connectivity index (χ1) is 9.11. The van der Waals surface area contributed by atoms with E-state index in [4.69, 9.17) is 5.26 Å². The number of nitriles is 1. The van der Waals surface area contributed by atoms with E-state index in [2.05, 4.69) is 45.0 Å². The normalized spacial score (nSPS) is 10.0. The Morgan fingerprint density at radius 1 is 1.32 bits per heavy atom. The lowest BCUT2D eigenvalue weighted by Gasteiger charge is -2.13. The molecule has 1 aromatic heterocycles. The van der Waals surface area contributed by atoms with Crippen LogP contribution in [-0.4, -0.2) is 23.6 Å². The summed E-state index contributed by atoms with van der Waals surface area (Å²) < 4.78 is 1.03. The third-order valence-corrected chi connectivity index (χ3v) is 3.29. The summed E-state index contributed by atoms with van der Waals surface area (Å²) in [7, 11) is 1.79. The number of nitrogens with zero attached hydrogens (tertiary/aromatic N) is 4. The Labute approximate surface area is 120 Å². The molecule has 1 aromatic carbocycles. The van der Waals surface area contributed by atoms with Gasteiger partial charge in [0.2, 0.25) is 5.95 Å². The third-order valence-electron chi connectivity index (χ3n) is 2.80. The molecule has 0 saturated carbocycles. The molecule has 0 atom stereocenters. The van der Waals surface area contributed by atoms with E-state index in [-0.39, 0.29) is 6.54 Å². The highest BCUT2D eigenvalue weighted by Crippen LogP contribution is 2.26. The fraction of sp³-hybridized carbons (Fsp3) is 0.214. The smallest absolute Gasteiger partial charge is 0.225 e. The Morgan fingerprint density at radius 2 is 2.00 bits per heavy atom. The number of aryl methyl sites for hydroxylation is 1. The van der Waals surface area contributed by atoms with Crippen LogP contribution in [0.3, 0.4) is 0 Å². The first kappa shape index (κ1) is 13.5. The molecule has 0 unspecified atom stereocenters. The number of rotatable bonds is 3.